The van der Waals surface area contributed by atoms with Crippen molar-refractivity contribution in [1.29, 1.82) is 5.26 Å². The Labute approximate surface area is 117 Å². The van der Waals surface area contributed by atoms with Gasteiger partial charge in [-0.3, -0.25) is 0 Å². The normalized spacial score (nSPS) is 10.8. The zero-order valence-corrected chi connectivity index (χ0v) is 11.5. The first-order valence-electron chi connectivity index (χ1n) is 5.71. The number of rotatable bonds is 3. The zero-order chi connectivity index (χ0) is 14.8. The summed E-state index contributed by atoms with van der Waals surface area (Å²) in [4.78, 5) is 0.0738. The molecule has 0 aliphatic heterocycles. The van der Waals surface area contributed by atoms with Gasteiger partial charge >= 0.3 is 0 Å². The average molecular weight is 288 g/mol. The van der Waals surface area contributed by atoms with Crippen LogP contribution in [0.25, 0.3) is 0 Å². The number of aryl methyl sites for hydroxylation is 1. The minimum atomic E-state index is -3.72. The number of benzene rings is 2. The molecule has 6 heteroatoms. The molecule has 2 rings (SSSR count). The van der Waals surface area contributed by atoms with Crippen molar-refractivity contribution in [3.8, 4) is 17.6 Å². The predicted molar refractivity (Wildman–Crippen MR) is 73.8 cm³/mol. The van der Waals surface area contributed by atoms with E-state index in [0.717, 1.165) is 0 Å². The van der Waals surface area contributed by atoms with Gasteiger partial charge in [-0.15, -0.1) is 0 Å². The zero-order valence-electron chi connectivity index (χ0n) is 10.7. The van der Waals surface area contributed by atoms with Gasteiger partial charge in [-0.2, -0.15) is 5.26 Å². The molecule has 0 saturated carbocycles. The van der Waals surface area contributed by atoms with Crippen molar-refractivity contribution in [3.05, 3.63) is 53.6 Å². The van der Waals surface area contributed by atoms with Crippen molar-refractivity contribution in [2.45, 2.75) is 11.8 Å². The first-order chi connectivity index (χ1) is 9.40. The molecule has 0 spiro atoms. The predicted octanol–water partition coefficient (Wildman–Crippen LogP) is 2.31. The summed E-state index contributed by atoms with van der Waals surface area (Å²) in [6, 6.07) is 13.2. The lowest BCUT2D eigenvalue weighted by molar-refractivity contribution is 0.481. The van der Waals surface area contributed by atoms with Crippen LogP contribution in [-0.4, -0.2) is 8.42 Å². The molecular formula is C14H12N2O3S. The van der Waals surface area contributed by atoms with Crippen molar-refractivity contribution < 1.29 is 13.2 Å². The van der Waals surface area contributed by atoms with Crippen LogP contribution in [0.15, 0.2) is 47.4 Å². The van der Waals surface area contributed by atoms with Gasteiger partial charge in [0.15, 0.2) is 0 Å². The quantitative estimate of drug-likeness (QED) is 0.937. The Morgan fingerprint density at radius 2 is 1.70 bits per heavy atom. The number of nitriles is 1. The molecule has 2 aromatic carbocycles. The average Bonchev–Trinajstić information content (AvgIpc) is 2.38. The van der Waals surface area contributed by atoms with Crippen LogP contribution in [0.1, 0.15) is 11.1 Å². The van der Waals surface area contributed by atoms with E-state index in [0.29, 0.717) is 22.6 Å². The maximum absolute atomic E-state index is 11.3. The molecule has 0 heterocycles. The molecule has 2 aromatic rings. The number of hydrogen-bond donors (Lipinski definition) is 1. The van der Waals surface area contributed by atoms with Crippen molar-refractivity contribution in [2.24, 2.45) is 5.14 Å². The largest absolute Gasteiger partial charge is 0.457 e. The summed E-state index contributed by atoms with van der Waals surface area (Å²) in [5.41, 5.74) is 1.05. The van der Waals surface area contributed by atoms with Crippen LogP contribution in [0.3, 0.4) is 0 Å². The third-order valence-corrected chi connectivity index (χ3v) is 3.74. The lowest BCUT2D eigenvalue weighted by Gasteiger charge is -2.08. The highest BCUT2D eigenvalue weighted by atomic mass is 32.2. The maximum atomic E-state index is 11.3. The van der Waals surface area contributed by atoms with Gasteiger partial charge in [0.1, 0.15) is 11.5 Å². The molecule has 2 N–H and O–H groups in total. The van der Waals surface area contributed by atoms with E-state index in [2.05, 4.69) is 0 Å². The van der Waals surface area contributed by atoms with E-state index in [1.54, 1.807) is 37.3 Å². The molecule has 0 bridgehead atoms. The molecule has 102 valence electrons. The summed E-state index contributed by atoms with van der Waals surface area (Å²) in [5, 5.41) is 13.8. The van der Waals surface area contributed by atoms with Gasteiger partial charge in [0, 0.05) is 0 Å². The Morgan fingerprint density at radius 3 is 2.20 bits per heavy atom. The van der Waals surface area contributed by atoms with E-state index in [1.165, 1.54) is 12.1 Å². The Bertz CT molecular complexity index is 775. The van der Waals surface area contributed by atoms with Crippen molar-refractivity contribution in [2.75, 3.05) is 0 Å². The SMILES string of the molecule is Cc1cc(Oc2ccc(C#N)cc2)ccc1S(N)(=O)=O. The Hall–Kier alpha value is -2.36. The summed E-state index contributed by atoms with van der Waals surface area (Å²) in [6.45, 7) is 1.64. The fourth-order valence-corrected chi connectivity index (χ4v) is 2.50. The van der Waals surface area contributed by atoms with Crippen LogP contribution in [0.4, 0.5) is 0 Å². The third kappa shape index (κ3) is 3.15. The standard InChI is InChI=1S/C14H12N2O3S/c1-10-8-13(6-7-14(10)20(16,17)18)19-12-4-2-11(9-15)3-5-12/h2-8H,1H3,(H2,16,17,18). The van der Waals surface area contributed by atoms with Gasteiger partial charge in [0.2, 0.25) is 10.0 Å². The molecule has 0 atom stereocenters. The Kier molecular flexibility index (Phi) is 3.74. The highest BCUT2D eigenvalue weighted by Crippen LogP contribution is 2.25. The van der Waals surface area contributed by atoms with Crippen molar-refractivity contribution in [1.82, 2.24) is 0 Å². The van der Waals surface area contributed by atoms with Crippen LogP contribution in [0.5, 0.6) is 11.5 Å². The molecule has 0 aliphatic rings. The first-order valence-corrected chi connectivity index (χ1v) is 7.26. The number of ether oxygens (including phenoxy) is 1. The van der Waals surface area contributed by atoms with Crippen molar-refractivity contribution in [3.63, 3.8) is 0 Å². The van der Waals surface area contributed by atoms with Gasteiger partial charge in [-0.05, 0) is 55.0 Å². The summed E-state index contributed by atoms with van der Waals surface area (Å²) in [7, 11) is -3.72. The fourth-order valence-electron chi connectivity index (χ4n) is 1.74. The minimum absolute atomic E-state index is 0.0738. The van der Waals surface area contributed by atoms with Gasteiger partial charge in [0.25, 0.3) is 0 Å². The molecule has 20 heavy (non-hydrogen) atoms. The first kappa shape index (κ1) is 14.1. The molecule has 5 nitrogen and oxygen atoms in total. The molecular weight excluding hydrogens is 276 g/mol. The van der Waals surface area contributed by atoms with E-state index in [9.17, 15) is 8.42 Å². The summed E-state index contributed by atoms with van der Waals surface area (Å²) >= 11 is 0. The second-order valence-electron chi connectivity index (χ2n) is 4.21. The number of sulfonamides is 1. The number of primary sulfonamides is 1. The van der Waals surface area contributed by atoms with Gasteiger partial charge < -0.3 is 4.74 Å². The maximum Gasteiger partial charge on any atom is 0.238 e. The van der Waals surface area contributed by atoms with Crippen LogP contribution in [-0.2, 0) is 10.0 Å². The Balaban J connectivity index is 2.26. The van der Waals surface area contributed by atoms with Crippen LogP contribution >= 0.6 is 0 Å². The highest BCUT2D eigenvalue weighted by Gasteiger charge is 2.12. The van der Waals surface area contributed by atoms with Gasteiger partial charge in [-0.25, -0.2) is 13.6 Å². The fraction of sp³-hybridized carbons (Fsp3) is 0.0714. The summed E-state index contributed by atoms with van der Waals surface area (Å²) < 4.78 is 28.2. The minimum Gasteiger partial charge on any atom is -0.457 e. The summed E-state index contributed by atoms with van der Waals surface area (Å²) in [6.07, 6.45) is 0. The molecule has 0 saturated heterocycles. The second kappa shape index (κ2) is 5.33. The van der Waals surface area contributed by atoms with E-state index in [4.69, 9.17) is 15.1 Å². The molecule has 0 unspecified atom stereocenters. The molecule has 0 amide bonds. The molecule has 0 aliphatic carbocycles. The van der Waals surface area contributed by atoms with E-state index < -0.39 is 10.0 Å². The Morgan fingerprint density at radius 1 is 1.10 bits per heavy atom. The van der Waals surface area contributed by atoms with E-state index >= 15 is 0 Å². The lowest BCUT2D eigenvalue weighted by Crippen LogP contribution is -2.13. The molecule has 0 fully saturated rings. The third-order valence-electron chi connectivity index (χ3n) is 2.67. The number of hydrogen-bond acceptors (Lipinski definition) is 4. The molecule has 0 radical (unpaired) electrons. The van der Waals surface area contributed by atoms with Crippen LogP contribution in [0.2, 0.25) is 0 Å². The van der Waals surface area contributed by atoms with Gasteiger partial charge in [-0.1, -0.05) is 0 Å². The highest BCUT2D eigenvalue weighted by molar-refractivity contribution is 7.89. The lowest BCUT2D eigenvalue weighted by atomic mass is 10.2. The van der Waals surface area contributed by atoms with Crippen LogP contribution < -0.4 is 9.88 Å². The molecule has 0 aromatic heterocycles. The van der Waals surface area contributed by atoms with Crippen molar-refractivity contribution >= 4 is 10.0 Å². The summed E-state index contributed by atoms with van der Waals surface area (Å²) in [5.74, 6) is 1.06. The van der Waals surface area contributed by atoms with E-state index in [1.807, 2.05) is 6.07 Å². The monoisotopic (exact) mass is 288 g/mol. The number of nitrogens with two attached hydrogens (primary N) is 1. The second-order valence-corrected chi connectivity index (χ2v) is 5.74. The van der Waals surface area contributed by atoms with Gasteiger partial charge in [0.05, 0.1) is 16.5 Å². The smallest absolute Gasteiger partial charge is 0.238 e. The number of nitrogens with zero attached hydrogens (tertiary/aromatic N) is 1. The topological polar surface area (TPSA) is 93.2 Å². The van der Waals surface area contributed by atoms with E-state index in [-0.39, 0.29) is 4.90 Å². The van der Waals surface area contributed by atoms with Crippen LogP contribution in [0, 0.1) is 18.3 Å².